The summed E-state index contributed by atoms with van der Waals surface area (Å²) in [4.78, 5) is 10.7. The van der Waals surface area contributed by atoms with Gasteiger partial charge in [0, 0.05) is 30.5 Å². The van der Waals surface area contributed by atoms with Crippen LogP contribution in [0.15, 0.2) is 30.5 Å². The van der Waals surface area contributed by atoms with Crippen molar-refractivity contribution in [2.45, 2.75) is 38.8 Å². The zero-order valence-electron chi connectivity index (χ0n) is 14.0. The second kappa shape index (κ2) is 7.13. The summed E-state index contributed by atoms with van der Waals surface area (Å²) in [5.41, 5.74) is 1.90. The average Bonchev–Trinajstić information content (AvgIpc) is 2.56. The van der Waals surface area contributed by atoms with Crippen molar-refractivity contribution in [1.82, 2.24) is 9.97 Å². The van der Waals surface area contributed by atoms with Crippen molar-refractivity contribution in [3.63, 3.8) is 0 Å². The standard InChI is InChI=1S/C18H23FN4O/c1-12(21-18-5-8-20-13(2)22-18)16-11-14(19)3-4-17(16)23-9-6-15(24)7-10-23/h3-5,8,11-12,15,24H,6-7,9-10H2,1-2H3,(H,20,21,22)/t12-/m0/s1. The lowest BCUT2D eigenvalue weighted by Crippen LogP contribution is -2.36. The lowest BCUT2D eigenvalue weighted by Gasteiger charge is -2.34. The molecule has 3 rings (SSSR count). The normalized spacial score (nSPS) is 16.9. The van der Waals surface area contributed by atoms with Crippen LogP contribution in [0.3, 0.4) is 0 Å². The van der Waals surface area contributed by atoms with Crippen LogP contribution in [0.1, 0.15) is 37.2 Å². The number of anilines is 2. The summed E-state index contributed by atoms with van der Waals surface area (Å²) in [7, 11) is 0. The van der Waals surface area contributed by atoms with E-state index in [0.29, 0.717) is 5.82 Å². The Balaban J connectivity index is 1.84. The van der Waals surface area contributed by atoms with Gasteiger partial charge in [-0.05, 0) is 51.0 Å². The number of rotatable bonds is 4. The Morgan fingerprint density at radius 3 is 2.75 bits per heavy atom. The van der Waals surface area contributed by atoms with E-state index in [0.717, 1.165) is 43.0 Å². The molecule has 0 radical (unpaired) electrons. The molecule has 0 bridgehead atoms. The first-order chi connectivity index (χ1) is 11.5. The molecule has 0 aliphatic carbocycles. The minimum atomic E-state index is -0.252. The predicted octanol–water partition coefficient (Wildman–Crippen LogP) is 3.06. The molecule has 1 aliphatic heterocycles. The molecule has 2 heterocycles. The van der Waals surface area contributed by atoms with Crippen LogP contribution < -0.4 is 10.2 Å². The van der Waals surface area contributed by atoms with E-state index in [4.69, 9.17) is 0 Å². The molecule has 0 unspecified atom stereocenters. The van der Waals surface area contributed by atoms with Crippen molar-refractivity contribution < 1.29 is 9.50 Å². The van der Waals surface area contributed by atoms with Crippen molar-refractivity contribution in [3.05, 3.63) is 47.7 Å². The minimum Gasteiger partial charge on any atom is -0.393 e. The molecule has 0 spiro atoms. The highest BCUT2D eigenvalue weighted by atomic mass is 19.1. The molecule has 6 heteroatoms. The van der Waals surface area contributed by atoms with Gasteiger partial charge in [0.2, 0.25) is 0 Å². The highest BCUT2D eigenvalue weighted by molar-refractivity contribution is 5.57. The largest absolute Gasteiger partial charge is 0.393 e. The molecule has 128 valence electrons. The van der Waals surface area contributed by atoms with Crippen molar-refractivity contribution in [2.24, 2.45) is 0 Å². The average molecular weight is 330 g/mol. The Hall–Kier alpha value is -2.21. The highest BCUT2D eigenvalue weighted by Crippen LogP contribution is 2.31. The first-order valence-electron chi connectivity index (χ1n) is 8.31. The van der Waals surface area contributed by atoms with Crippen molar-refractivity contribution in [1.29, 1.82) is 0 Å². The monoisotopic (exact) mass is 330 g/mol. The fraction of sp³-hybridized carbons (Fsp3) is 0.444. The van der Waals surface area contributed by atoms with Gasteiger partial charge in [-0.15, -0.1) is 0 Å². The molecule has 5 nitrogen and oxygen atoms in total. The second-order valence-corrected chi connectivity index (χ2v) is 6.28. The van der Waals surface area contributed by atoms with E-state index < -0.39 is 0 Å². The Bertz CT molecular complexity index is 701. The van der Waals surface area contributed by atoms with E-state index in [1.807, 2.05) is 19.9 Å². The smallest absolute Gasteiger partial charge is 0.130 e. The molecule has 1 aliphatic rings. The number of aromatic nitrogens is 2. The molecular weight excluding hydrogens is 307 g/mol. The third kappa shape index (κ3) is 3.82. The van der Waals surface area contributed by atoms with Gasteiger partial charge in [-0.25, -0.2) is 14.4 Å². The van der Waals surface area contributed by atoms with E-state index in [1.54, 1.807) is 18.3 Å². The van der Waals surface area contributed by atoms with Crippen LogP contribution in [0.25, 0.3) is 0 Å². The number of hydrogen-bond donors (Lipinski definition) is 2. The molecule has 24 heavy (non-hydrogen) atoms. The van der Waals surface area contributed by atoms with Crippen LogP contribution in [0.2, 0.25) is 0 Å². The Morgan fingerprint density at radius 1 is 1.29 bits per heavy atom. The maximum absolute atomic E-state index is 13.8. The number of hydrogen-bond acceptors (Lipinski definition) is 5. The lowest BCUT2D eigenvalue weighted by atomic mass is 10.0. The molecular formula is C18H23FN4O. The third-order valence-electron chi connectivity index (χ3n) is 4.40. The molecule has 1 aromatic carbocycles. The van der Waals surface area contributed by atoms with Gasteiger partial charge in [-0.2, -0.15) is 0 Å². The summed E-state index contributed by atoms with van der Waals surface area (Å²) in [5.74, 6) is 1.16. The molecule has 0 amide bonds. The summed E-state index contributed by atoms with van der Waals surface area (Å²) in [6.45, 7) is 5.38. The Morgan fingerprint density at radius 2 is 2.04 bits per heavy atom. The van der Waals surface area contributed by atoms with Crippen molar-refractivity contribution in [2.75, 3.05) is 23.3 Å². The SMILES string of the molecule is Cc1nccc(N[C@@H](C)c2cc(F)ccc2N2CCC(O)CC2)n1. The minimum absolute atomic E-state index is 0.100. The number of aryl methyl sites for hydroxylation is 1. The molecule has 1 atom stereocenters. The van der Waals surface area contributed by atoms with E-state index in [-0.39, 0.29) is 18.0 Å². The molecule has 1 fully saturated rings. The summed E-state index contributed by atoms with van der Waals surface area (Å²) < 4.78 is 13.8. The van der Waals surface area contributed by atoms with Gasteiger partial charge in [0.15, 0.2) is 0 Å². The van der Waals surface area contributed by atoms with E-state index in [1.165, 1.54) is 6.07 Å². The van der Waals surface area contributed by atoms with Crippen LogP contribution in [-0.4, -0.2) is 34.3 Å². The van der Waals surface area contributed by atoms with Gasteiger partial charge in [0.25, 0.3) is 0 Å². The number of benzene rings is 1. The molecule has 0 saturated carbocycles. The first-order valence-corrected chi connectivity index (χ1v) is 8.31. The lowest BCUT2D eigenvalue weighted by molar-refractivity contribution is 0.145. The number of halogens is 1. The van der Waals surface area contributed by atoms with E-state index >= 15 is 0 Å². The maximum Gasteiger partial charge on any atom is 0.130 e. The molecule has 1 aromatic heterocycles. The quantitative estimate of drug-likeness (QED) is 0.902. The van der Waals surface area contributed by atoms with E-state index in [9.17, 15) is 9.50 Å². The first kappa shape index (κ1) is 16.6. The third-order valence-corrected chi connectivity index (χ3v) is 4.40. The van der Waals surface area contributed by atoms with Gasteiger partial charge in [-0.3, -0.25) is 0 Å². The van der Waals surface area contributed by atoms with Gasteiger partial charge >= 0.3 is 0 Å². The highest BCUT2D eigenvalue weighted by Gasteiger charge is 2.22. The molecule has 2 aromatic rings. The Kier molecular flexibility index (Phi) is 4.94. The van der Waals surface area contributed by atoms with Crippen LogP contribution in [-0.2, 0) is 0 Å². The summed E-state index contributed by atoms with van der Waals surface area (Å²) >= 11 is 0. The van der Waals surface area contributed by atoms with Crippen molar-refractivity contribution in [3.8, 4) is 0 Å². The predicted molar refractivity (Wildman–Crippen MR) is 92.7 cm³/mol. The van der Waals surface area contributed by atoms with Crippen LogP contribution in [0.4, 0.5) is 15.9 Å². The number of nitrogens with zero attached hydrogens (tertiary/aromatic N) is 3. The summed E-state index contributed by atoms with van der Waals surface area (Å²) in [6.07, 6.45) is 2.95. The van der Waals surface area contributed by atoms with Gasteiger partial charge in [0.05, 0.1) is 12.1 Å². The fourth-order valence-electron chi connectivity index (χ4n) is 3.10. The zero-order valence-corrected chi connectivity index (χ0v) is 14.0. The Labute approximate surface area is 141 Å². The zero-order chi connectivity index (χ0) is 17.1. The van der Waals surface area contributed by atoms with E-state index in [2.05, 4.69) is 20.2 Å². The van der Waals surface area contributed by atoms with Gasteiger partial charge in [-0.1, -0.05) is 0 Å². The topological polar surface area (TPSA) is 61.3 Å². The van der Waals surface area contributed by atoms with Gasteiger partial charge in [0.1, 0.15) is 17.5 Å². The summed E-state index contributed by atoms with van der Waals surface area (Å²) in [6, 6.07) is 6.60. The maximum atomic E-state index is 13.8. The number of nitrogens with one attached hydrogen (secondary N) is 1. The number of aliphatic hydroxyl groups excluding tert-OH is 1. The fourth-order valence-corrected chi connectivity index (χ4v) is 3.10. The second-order valence-electron chi connectivity index (χ2n) is 6.28. The van der Waals surface area contributed by atoms with Crippen LogP contribution in [0, 0.1) is 12.7 Å². The number of piperidine rings is 1. The van der Waals surface area contributed by atoms with Gasteiger partial charge < -0.3 is 15.3 Å². The number of aliphatic hydroxyl groups is 1. The molecule has 2 N–H and O–H groups in total. The van der Waals surface area contributed by atoms with Crippen LogP contribution in [0.5, 0.6) is 0 Å². The van der Waals surface area contributed by atoms with Crippen LogP contribution >= 0.6 is 0 Å². The summed E-state index contributed by atoms with van der Waals surface area (Å²) in [5, 5.41) is 13.0. The van der Waals surface area contributed by atoms with Crippen molar-refractivity contribution >= 4 is 11.5 Å². The molecule has 1 saturated heterocycles.